The quantitative estimate of drug-likeness (QED) is 0.0749. The number of carbonyl (C=O) groups excluding carboxylic acids is 7. The molecule has 516 valence electrons. The van der Waals surface area contributed by atoms with Gasteiger partial charge in [-0.15, -0.1) is 0 Å². The van der Waals surface area contributed by atoms with Gasteiger partial charge in [-0.25, -0.2) is 0 Å². The van der Waals surface area contributed by atoms with Gasteiger partial charge in [0.1, 0.15) is 42.9 Å². The van der Waals surface area contributed by atoms with E-state index in [1.54, 1.807) is 31.2 Å². The molecule has 3 aromatic carbocycles. The number of carbonyl (C=O) groups is 7. The third kappa shape index (κ3) is 16.8. The molecule has 2 aliphatic carbocycles. The van der Waals surface area contributed by atoms with Crippen molar-refractivity contribution < 1.29 is 78.8 Å². The lowest BCUT2D eigenvalue weighted by Crippen LogP contribution is -2.64. The molecule has 0 bridgehead atoms. The molecule has 2 saturated carbocycles. The molecule has 0 radical (unpaired) electrons. The Bertz CT molecular complexity index is 3090. The van der Waals surface area contributed by atoms with Crippen LogP contribution in [0, 0.1) is 11.8 Å². The fraction of sp³-hybridized carbons (Fsp3) is 0.627. The van der Waals surface area contributed by atoms with Crippen LogP contribution < -0.4 is 47.7 Å². The van der Waals surface area contributed by atoms with E-state index in [2.05, 4.69) is 48.5 Å². The lowest BCUT2D eigenvalue weighted by atomic mass is 9.68. The Hall–Kier alpha value is -7.05. The van der Waals surface area contributed by atoms with Gasteiger partial charge in [0.25, 0.3) is 5.91 Å². The summed E-state index contributed by atoms with van der Waals surface area (Å²) >= 11 is 0. The summed E-state index contributed by atoms with van der Waals surface area (Å²) in [5.41, 5.74) is 14.6. The Morgan fingerprint density at radius 2 is 1.35 bits per heavy atom. The molecular formula is C67H97N11O16. The summed E-state index contributed by atoms with van der Waals surface area (Å²) in [6.07, 6.45) is -0.650. The summed E-state index contributed by atoms with van der Waals surface area (Å²) in [5, 5.41) is 91.7. The van der Waals surface area contributed by atoms with Gasteiger partial charge >= 0.3 is 0 Å². The van der Waals surface area contributed by atoms with Crippen LogP contribution in [0.25, 0.3) is 11.1 Å². The van der Waals surface area contributed by atoms with E-state index in [1.165, 1.54) is 57.2 Å². The number of nitrogens with two attached hydrogens (primary N) is 2. The van der Waals surface area contributed by atoms with Crippen molar-refractivity contribution in [1.29, 1.82) is 0 Å². The van der Waals surface area contributed by atoms with E-state index in [9.17, 15) is 69.3 Å². The Labute approximate surface area is 548 Å². The number of hydrogen-bond donors (Lipinski definition) is 14. The number of phenols is 1. The molecule has 13 atom stereocenters. The number of β-amino-alcohol motifs (C(OH)–C–C–N with tert-alkyl or cyclic N) is 1. The number of piperazine rings is 1. The van der Waals surface area contributed by atoms with Crippen molar-refractivity contribution >= 4 is 47.0 Å². The summed E-state index contributed by atoms with van der Waals surface area (Å²) in [4.78, 5) is 109. The van der Waals surface area contributed by atoms with Gasteiger partial charge < -0.3 is 98.0 Å². The first-order valence-electron chi connectivity index (χ1n) is 33.3. The van der Waals surface area contributed by atoms with E-state index in [0.717, 1.165) is 78.5 Å². The molecule has 16 N–H and O–H groups in total. The van der Waals surface area contributed by atoms with Crippen LogP contribution in [0.5, 0.6) is 11.5 Å². The highest BCUT2D eigenvalue weighted by Gasteiger charge is 2.50. The number of nitrogens with one attached hydrogen (secondary N) is 5. The first-order valence-corrected chi connectivity index (χ1v) is 33.3. The van der Waals surface area contributed by atoms with E-state index in [-0.39, 0.29) is 60.9 Å². The fourth-order valence-electron chi connectivity index (χ4n) is 14.7. The number of rotatable bonds is 17. The molecule has 4 saturated heterocycles. The molecule has 1 unspecified atom stereocenters. The summed E-state index contributed by atoms with van der Waals surface area (Å²) in [6.45, 7) is 4.94. The number of ether oxygens (including phenoxy) is 2. The Morgan fingerprint density at radius 1 is 0.713 bits per heavy atom. The highest BCUT2D eigenvalue weighted by molar-refractivity contribution is 6.00. The predicted octanol–water partition coefficient (Wildman–Crippen LogP) is -1.28. The third-order valence-electron chi connectivity index (χ3n) is 20.2. The highest BCUT2D eigenvalue weighted by atomic mass is 16.5. The average Bonchev–Trinajstić information content (AvgIpc) is 1.64. The number of fused-ring (bicyclic) bond motifs is 2. The Morgan fingerprint density at radius 3 is 1.99 bits per heavy atom. The summed E-state index contributed by atoms with van der Waals surface area (Å²) < 4.78 is 11.8. The fourth-order valence-corrected chi connectivity index (χ4v) is 14.7. The zero-order valence-electron chi connectivity index (χ0n) is 54.0. The highest BCUT2D eigenvalue weighted by Crippen LogP contribution is 2.45. The lowest BCUT2D eigenvalue weighted by Gasteiger charge is -2.49. The number of aromatic hydroxyl groups is 1. The first-order chi connectivity index (χ1) is 45.0. The number of benzene rings is 3. The molecule has 94 heavy (non-hydrogen) atoms. The van der Waals surface area contributed by atoms with Gasteiger partial charge in [-0.2, -0.15) is 0 Å². The molecule has 4 aliphatic heterocycles. The maximum atomic E-state index is 14.7. The second kappa shape index (κ2) is 32.1. The maximum Gasteiger partial charge on any atom is 0.251 e. The van der Waals surface area contributed by atoms with Crippen LogP contribution in [0.15, 0.2) is 66.7 Å². The van der Waals surface area contributed by atoms with Gasteiger partial charge in [0.15, 0.2) is 11.5 Å². The molecule has 0 aromatic heterocycles. The Balaban J connectivity index is 0.925. The second-order valence-electron chi connectivity index (χ2n) is 26.5. The number of nitrogens with zero attached hydrogens (tertiary/aromatic N) is 4. The molecule has 27 nitrogen and oxygen atoms in total. The molecule has 7 amide bonds. The van der Waals surface area contributed by atoms with Crippen molar-refractivity contribution in [2.24, 2.45) is 23.3 Å². The smallest absolute Gasteiger partial charge is 0.251 e. The average molecular weight is 1310 g/mol. The minimum absolute atomic E-state index is 0.000367. The first kappa shape index (κ1) is 71.2. The number of methoxy groups -OCH3 is 1. The lowest BCUT2D eigenvalue weighted by molar-refractivity contribution is -0.147. The predicted molar refractivity (Wildman–Crippen MR) is 345 cm³/mol. The van der Waals surface area contributed by atoms with Crippen LogP contribution in [0.2, 0.25) is 0 Å². The second-order valence-corrected chi connectivity index (χ2v) is 26.5. The van der Waals surface area contributed by atoms with E-state index in [4.69, 9.17) is 20.9 Å². The van der Waals surface area contributed by atoms with Crippen LogP contribution in [0.3, 0.4) is 0 Å². The Kier molecular flexibility index (Phi) is 24.4. The van der Waals surface area contributed by atoms with Crippen molar-refractivity contribution in [2.75, 3.05) is 77.5 Å². The molecule has 6 fully saturated rings. The van der Waals surface area contributed by atoms with Gasteiger partial charge in [-0.3, -0.25) is 38.5 Å². The monoisotopic (exact) mass is 1310 g/mol. The number of phenolic OH excluding ortho intramolecular Hbond substituents is 1. The molecule has 27 heteroatoms. The number of aliphatic hydroxyl groups excluding tert-OH is 6. The van der Waals surface area contributed by atoms with E-state index >= 15 is 0 Å². The van der Waals surface area contributed by atoms with Gasteiger partial charge in [0.05, 0.1) is 42.2 Å². The summed E-state index contributed by atoms with van der Waals surface area (Å²) in [6, 6.07) is 8.53. The van der Waals surface area contributed by atoms with Crippen molar-refractivity contribution in [3.8, 4) is 22.6 Å². The van der Waals surface area contributed by atoms with Crippen LogP contribution in [-0.2, 0) is 39.9 Å². The van der Waals surface area contributed by atoms with Crippen LogP contribution in [0.1, 0.15) is 107 Å². The van der Waals surface area contributed by atoms with Gasteiger partial charge in [-0.05, 0) is 117 Å². The maximum absolute atomic E-state index is 14.7. The van der Waals surface area contributed by atoms with Gasteiger partial charge in [0.2, 0.25) is 35.4 Å². The van der Waals surface area contributed by atoms with Crippen molar-refractivity contribution in [1.82, 2.24) is 41.3 Å². The van der Waals surface area contributed by atoms with E-state index in [0.29, 0.717) is 12.0 Å². The summed E-state index contributed by atoms with van der Waals surface area (Å²) in [5.74, 6) is -7.81. The normalized spacial score (nSPS) is 30.2. The molecule has 3 aromatic rings. The van der Waals surface area contributed by atoms with Crippen LogP contribution in [-0.4, -0.2) is 249 Å². The van der Waals surface area contributed by atoms with Crippen molar-refractivity contribution in [3.63, 3.8) is 0 Å². The molecule has 0 spiro atoms. The van der Waals surface area contributed by atoms with Crippen molar-refractivity contribution in [2.45, 2.75) is 182 Å². The number of anilines is 1. The van der Waals surface area contributed by atoms with Crippen molar-refractivity contribution in [3.05, 3.63) is 77.9 Å². The number of aliphatic hydroxyl groups is 6. The SMILES string of the molecule is COC1(C2CCCCC2)CCC(N2CCN(c3ccc(-c4ccc(C(=O)NC5C[C@@H](O)CNC(=O)[C@@H]6[C@@H](O)[C@@H](C)CN6C(=O)[C@H]([C@H](O)CCN)NC(=O)[C@H]([C@H](O)Cc6ccc(O)c(OCCN)c6)NC(=O)[C@@H]6C[C@@H](O)CN6C(=O)[C@H]([C@@H](C)O)NC5=O)cc4)cc3)CC2)CC1. The van der Waals surface area contributed by atoms with Crippen LogP contribution in [0.4, 0.5) is 5.69 Å². The zero-order chi connectivity index (χ0) is 67.5. The molecule has 4 heterocycles. The summed E-state index contributed by atoms with van der Waals surface area (Å²) in [7, 11) is 1.91. The zero-order valence-corrected chi connectivity index (χ0v) is 54.0. The van der Waals surface area contributed by atoms with Gasteiger partial charge in [0, 0.05) is 102 Å². The third-order valence-corrected chi connectivity index (χ3v) is 20.2. The largest absolute Gasteiger partial charge is 0.504 e. The minimum Gasteiger partial charge on any atom is -0.504 e. The topological polar surface area (TPSA) is 405 Å². The molecular weight excluding hydrogens is 1210 g/mol. The molecule has 9 rings (SSSR count). The standard InChI is InChI=1S/C67H97N11O16/c1-38-36-78-58(59(38)85)64(90)70-35-47(80)33-49(71-60(86)43-12-10-41(11-13-43)42-14-16-45(17-15-42)75-26-28-76(29-27-75)46-19-22-67(93-3,23-20-46)44-7-5-4-6-8-44)61(87)72-55(39(2)79)65(91)77-37-48(81)34-50(77)62(88)73-56(63(89)74-57(66(78)92)52(83)21-24-68)53(84)31-40-9-18-51(82)54(32-40)94-30-25-69/h9-18,32,38-39,44,46-50,52-53,55-59,79-85H,4-8,19-31,33-37,68-69H2,1-3H3,(H,70,90)(H,71,86)(H,72,87)(H,73,88)(H,74,89)/t38-,39+,46?,47+,48+,49?,50-,52+,53+,55-,56-,57-,58-,59-,67?/m0/s1. The van der Waals surface area contributed by atoms with E-state index in [1.807, 2.05) is 19.2 Å². The van der Waals surface area contributed by atoms with Gasteiger partial charge in [-0.1, -0.05) is 56.5 Å². The number of amides is 7. The minimum atomic E-state index is -2.03. The molecule has 6 aliphatic rings. The van der Waals surface area contributed by atoms with Crippen LogP contribution >= 0.6 is 0 Å². The number of hydrogen-bond acceptors (Lipinski definition) is 20. The van der Waals surface area contributed by atoms with E-state index < -0.39 is 152 Å².